The smallest absolute Gasteiger partial charge is 0.335 e. The molecule has 3 N–H and O–H groups in total. The summed E-state index contributed by atoms with van der Waals surface area (Å²) in [5, 5.41) is 28.4. The number of halogens is 1. The first-order valence-electron chi connectivity index (χ1n) is 10.4. The fourth-order valence-corrected chi connectivity index (χ4v) is 4.03. The third-order valence-electron chi connectivity index (χ3n) is 4.89. The van der Waals surface area contributed by atoms with Crippen LogP contribution in [0.2, 0.25) is 5.02 Å². The van der Waals surface area contributed by atoms with Gasteiger partial charge in [0.15, 0.2) is 0 Å². The molecule has 0 fully saturated rings. The van der Waals surface area contributed by atoms with E-state index in [2.05, 4.69) is 31.1 Å². The lowest BCUT2D eigenvalue weighted by atomic mass is 10.1. The van der Waals surface area contributed by atoms with Crippen molar-refractivity contribution in [2.75, 3.05) is 5.32 Å². The Morgan fingerprint density at radius 2 is 1.97 bits per heavy atom. The summed E-state index contributed by atoms with van der Waals surface area (Å²) in [5.41, 5.74) is 1.68. The molecular formula is C23H18ClN7O4S. The van der Waals surface area contributed by atoms with E-state index in [0.717, 1.165) is 0 Å². The summed E-state index contributed by atoms with van der Waals surface area (Å²) >= 11 is 7.47. The maximum Gasteiger partial charge on any atom is 0.335 e. The number of nitrogens with zero attached hydrogens (tertiary/aromatic N) is 5. The molecule has 0 spiro atoms. The minimum Gasteiger partial charge on any atom is -0.478 e. The van der Waals surface area contributed by atoms with Gasteiger partial charge in [-0.15, -0.1) is 16.4 Å². The number of hydrogen-bond donors (Lipinski definition) is 3. The van der Waals surface area contributed by atoms with Crippen molar-refractivity contribution in [3.05, 3.63) is 87.6 Å². The molecule has 2 heterocycles. The second kappa shape index (κ2) is 11.3. The van der Waals surface area contributed by atoms with Crippen molar-refractivity contribution in [1.82, 2.24) is 30.5 Å². The van der Waals surface area contributed by atoms with Gasteiger partial charge in [-0.3, -0.25) is 9.59 Å². The van der Waals surface area contributed by atoms with E-state index in [9.17, 15) is 14.4 Å². The Morgan fingerprint density at radius 1 is 1.17 bits per heavy atom. The van der Waals surface area contributed by atoms with E-state index in [0.29, 0.717) is 27.0 Å². The molecule has 0 aliphatic rings. The lowest BCUT2D eigenvalue weighted by Crippen LogP contribution is -2.44. The molecule has 0 radical (unpaired) electrons. The lowest BCUT2D eigenvalue weighted by Gasteiger charge is -2.17. The van der Waals surface area contributed by atoms with E-state index in [-0.39, 0.29) is 12.0 Å². The van der Waals surface area contributed by atoms with Crippen molar-refractivity contribution in [2.45, 2.75) is 12.5 Å². The highest BCUT2D eigenvalue weighted by atomic mass is 35.5. The van der Waals surface area contributed by atoms with Gasteiger partial charge < -0.3 is 15.7 Å². The van der Waals surface area contributed by atoms with Crippen LogP contribution in [0.3, 0.4) is 0 Å². The summed E-state index contributed by atoms with van der Waals surface area (Å²) in [7, 11) is 0. The number of rotatable bonds is 9. The Labute approximate surface area is 213 Å². The molecule has 0 aliphatic carbocycles. The molecule has 0 aliphatic heterocycles. The van der Waals surface area contributed by atoms with Gasteiger partial charge in [0, 0.05) is 40.3 Å². The molecule has 182 valence electrons. The number of tetrazole rings is 1. The Morgan fingerprint density at radius 3 is 2.64 bits per heavy atom. The number of carbonyl (C=O) groups is 3. The van der Waals surface area contributed by atoms with E-state index in [1.807, 2.05) is 0 Å². The molecule has 0 saturated heterocycles. The zero-order valence-corrected chi connectivity index (χ0v) is 20.0. The molecule has 13 heteroatoms. The quantitative estimate of drug-likeness (QED) is 0.283. The Balaban J connectivity index is 1.50. The van der Waals surface area contributed by atoms with Gasteiger partial charge in [0.2, 0.25) is 11.8 Å². The molecule has 2 aromatic heterocycles. The average molecular weight is 524 g/mol. The predicted octanol–water partition coefficient (Wildman–Crippen LogP) is 2.85. The van der Waals surface area contributed by atoms with Crippen LogP contribution in [-0.2, 0) is 16.0 Å². The summed E-state index contributed by atoms with van der Waals surface area (Å²) in [6, 6.07) is 9.81. The molecule has 0 bridgehead atoms. The molecule has 1 atom stereocenters. The van der Waals surface area contributed by atoms with Crippen LogP contribution in [0.1, 0.15) is 20.9 Å². The van der Waals surface area contributed by atoms with Gasteiger partial charge in [-0.2, -0.15) is 4.68 Å². The fourth-order valence-electron chi connectivity index (χ4n) is 3.19. The van der Waals surface area contributed by atoms with Crippen LogP contribution in [0.5, 0.6) is 0 Å². The van der Waals surface area contributed by atoms with Crippen LogP contribution in [-0.4, -0.2) is 54.1 Å². The number of aromatic nitrogens is 5. The van der Waals surface area contributed by atoms with Gasteiger partial charge in [-0.1, -0.05) is 11.6 Å². The number of aromatic carboxylic acids is 1. The largest absolute Gasteiger partial charge is 0.478 e. The highest BCUT2D eigenvalue weighted by Crippen LogP contribution is 2.20. The van der Waals surface area contributed by atoms with Gasteiger partial charge in [0.1, 0.15) is 12.4 Å². The topological polar surface area (TPSA) is 152 Å². The van der Waals surface area contributed by atoms with E-state index < -0.39 is 23.8 Å². The second-order valence-electron chi connectivity index (χ2n) is 7.35. The maximum absolute atomic E-state index is 13.0. The average Bonchev–Trinajstić information content (AvgIpc) is 3.57. The van der Waals surface area contributed by atoms with E-state index in [4.69, 9.17) is 16.7 Å². The second-order valence-corrected chi connectivity index (χ2v) is 8.77. The molecule has 0 saturated carbocycles. The zero-order valence-electron chi connectivity index (χ0n) is 18.4. The number of carboxylic acids is 1. The Bertz CT molecular complexity index is 1390. The molecular weight excluding hydrogens is 506 g/mol. The summed E-state index contributed by atoms with van der Waals surface area (Å²) in [5.74, 6) is -2.07. The number of hydrogen-bond acceptors (Lipinski definition) is 8. The van der Waals surface area contributed by atoms with Crippen molar-refractivity contribution in [3.8, 4) is 5.69 Å². The Kier molecular flexibility index (Phi) is 7.78. The summed E-state index contributed by atoms with van der Waals surface area (Å²) in [4.78, 5) is 41.0. The van der Waals surface area contributed by atoms with Crippen molar-refractivity contribution in [3.63, 3.8) is 0 Å². The van der Waals surface area contributed by atoms with Gasteiger partial charge in [0.25, 0.3) is 0 Å². The molecule has 4 rings (SSSR count). The SMILES string of the molecule is O=C(/C=C/c1cc(Cl)ccc1-n1cnnn1)NC(Cc1nccs1)C(=O)Nc1ccc(C(=O)O)cc1. The fraction of sp³-hybridized carbons (Fsp3) is 0.0870. The van der Waals surface area contributed by atoms with Crippen LogP contribution in [0.15, 0.2) is 66.4 Å². The number of amides is 2. The minimum absolute atomic E-state index is 0.0906. The molecule has 1 unspecified atom stereocenters. The normalized spacial score (nSPS) is 11.8. The number of nitrogens with one attached hydrogen (secondary N) is 2. The Hall–Kier alpha value is -4.42. The maximum atomic E-state index is 13.0. The molecule has 36 heavy (non-hydrogen) atoms. The van der Waals surface area contributed by atoms with Crippen molar-refractivity contribution in [2.24, 2.45) is 0 Å². The molecule has 2 aromatic carbocycles. The van der Waals surface area contributed by atoms with Crippen molar-refractivity contribution >= 4 is 52.5 Å². The van der Waals surface area contributed by atoms with Crippen molar-refractivity contribution in [1.29, 1.82) is 0 Å². The van der Waals surface area contributed by atoms with Crippen LogP contribution in [0, 0.1) is 0 Å². The summed E-state index contributed by atoms with van der Waals surface area (Å²) in [6.07, 6.45) is 6.02. The number of carboxylic acid groups (broad SMARTS) is 1. The number of thiazole rings is 1. The standard InChI is InChI=1S/C23H18ClN7O4S/c24-16-4-7-19(31-13-26-29-30-31)15(11-16)3-8-20(32)28-18(12-21-25-9-10-36-21)22(33)27-17-5-1-14(2-6-17)23(34)35/h1-11,13,18H,12H2,(H,27,33)(H,28,32)(H,34,35)/b8-3+. The zero-order chi connectivity index (χ0) is 25.5. The first-order valence-corrected chi connectivity index (χ1v) is 11.7. The third kappa shape index (κ3) is 6.37. The summed E-state index contributed by atoms with van der Waals surface area (Å²) < 4.78 is 1.43. The van der Waals surface area contributed by atoms with E-state index in [1.165, 1.54) is 52.7 Å². The van der Waals surface area contributed by atoms with Crippen molar-refractivity contribution < 1.29 is 19.5 Å². The number of benzene rings is 2. The molecule has 11 nitrogen and oxygen atoms in total. The monoisotopic (exact) mass is 523 g/mol. The van der Waals surface area contributed by atoms with Gasteiger partial charge in [-0.25, -0.2) is 9.78 Å². The number of anilines is 1. The summed E-state index contributed by atoms with van der Waals surface area (Å²) in [6.45, 7) is 0. The van der Waals surface area contributed by atoms with Gasteiger partial charge in [-0.05, 0) is 59.0 Å². The molecule has 4 aromatic rings. The molecule has 2 amide bonds. The predicted molar refractivity (Wildman–Crippen MR) is 133 cm³/mol. The lowest BCUT2D eigenvalue weighted by molar-refractivity contribution is -0.123. The van der Waals surface area contributed by atoms with Gasteiger partial charge in [0.05, 0.1) is 16.3 Å². The number of carbonyl (C=O) groups excluding carboxylic acids is 2. The van der Waals surface area contributed by atoms with Crippen LogP contribution in [0.25, 0.3) is 11.8 Å². The van der Waals surface area contributed by atoms with Gasteiger partial charge >= 0.3 is 5.97 Å². The van der Waals surface area contributed by atoms with Crippen LogP contribution < -0.4 is 10.6 Å². The highest BCUT2D eigenvalue weighted by molar-refractivity contribution is 7.09. The van der Waals surface area contributed by atoms with Crippen LogP contribution in [0.4, 0.5) is 5.69 Å². The van der Waals surface area contributed by atoms with Crippen LogP contribution >= 0.6 is 22.9 Å². The first kappa shape index (κ1) is 24.7. The minimum atomic E-state index is -1.07. The van der Waals surface area contributed by atoms with E-state index >= 15 is 0 Å². The van der Waals surface area contributed by atoms with E-state index in [1.54, 1.807) is 35.9 Å². The first-order chi connectivity index (χ1) is 17.4. The third-order valence-corrected chi connectivity index (χ3v) is 5.93. The highest BCUT2D eigenvalue weighted by Gasteiger charge is 2.22.